The van der Waals surface area contributed by atoms with Gasteiger partial charge in [0.1, 0.15) is 0 Å². The van der Waals surface area contributed by atoms with Crippen LogP contribution in [0.5, 0.6) is 0 Å². The Morgan fingerprint density at radius 2 is 1.90 bits per heavy atom. The molecule has 2 heterocycles. The van der Waals surface area contributed by atoms with Crippen LogP contribution in [-0.4, -0.2) is 39.3 Å². The Hall–Kier alpha value is -2.86. The van der Waals surface area contributed by atoms with Gasteiger partial charge < -0.3 is 0 Å². The molecule has 0 aliphatic carbocycles. The monoisotopic (exact) mass is 488 g/mol. The quantitative estimate of drug-likeness (QED) is 0.519. The SMILES string of the molecule is O=C1Cc2cc(-c3cncc(NC[C@@H]([AsH2])Cc4ccc(C(F)(F)F)cc4)n3)ccc2N1. The second-order valence-electron chi connectivity index (χ2n) is 7.43. The van der Waals surface area contributed by atoms with Crippen molar-refractivity contribution in [1.29, 1.82) is 0 Å². The molecule has 1 amide bonds. The van der Waals surface area contributed by atoms with Crippen molar-refractivity contribution in [3.63, 3.8) is 0 Å². The van der Waals surface area contributed by atoms with Crippen LogP contribution in [0.1, 0.15) is 16.7 Å². The molecule has 9 heteroatoms. The van der Waals surface area contributed by atoms with Crippen LogP contribution in [0, 0.1) is 0 Å². The summed E-state index contributed by atoms with van der Waals surface area (Å²) in [4.78, 5) is 20.4. The van der Waals surface area contributed by atoms with Crippen LogP contribution in [0.4, 0.5) is 24.7 Å². The van der Waals surface area contributed by atoms with E-state index in [1.165, 1.54) is 29.0 Å². The topological polar surface area (TPSA) is 66.9 Å². The summed E-state index contributed by atoms with van der Waals surface area (Å²) in [6, 6.07) is 11.0. The molecule has 1 unspecified atom stereocenters. The third kappa shape index (κ3) is 5.25. The van der Waals surface area contributed by atoms with Crippen molar-refractivity contribution in [3.8, 4) is 11.3 Å². The number of alkyl halides is 3. The van der Waals surface area contributed by atoms with E-state index < -0.39 is 11.7 Å². The predicted octanol–water partition coefficient (Wildman–Crippen LogP) is 3.73. The number of amides is 1. The van der Waals surface area contributed by atoms with Gasteiger partial charge in [-0.15, -0.1) is 0 Å². The number of hydrogen-bond donors (Lipinski definition) is 2. The molecule has 0 radical (unpaired) electrons. The Bertz CT molecular complexity index is 1100. The van der Waals surface area contributed by atoms with Gasteiger partial charge in [-0.25, -0.2) is 0 Å². The molecule has 0 fully saturated rings. The summed E-state index contributed by atoms with van der Waals surface area (Å²) in [5.41, 5.74) is 3.59. The number of aromatic nitrogens is 2. The molecule has 2 N–H and O–H groups in total. The molecule has 0 bridgehead atoms. The van der Waals surface area contributed by atoms with E-state index in [1.54, 1.807) is 12.4 Å². The Morgan fingerprint density at radius 3 is 2.65 bits per heavy atom. The van der Waals surface area contributed by atoms with Crippen LogP contribution in [0.15, 0.2) is 54.9 Å². The van der Waals surface area contributed by atoms with E-state index in [1.807, 2.05) is 18.2 Å². The summed E-state index contributed by atoms with van der Waals surface area (Å²) in [5, 5.41) is 6.07. The molecular weight excluding hydrogens is 468 g/mol. The number of carbonyl (C=O) groups excluding carboxylic acids is 1. The van der Waals surface area contributed by atoms with Crippen molar-refractivity contribution >= 4 is 34.3 Å². The molecule has 0 saturated heterocycles. The van der Waals surface area contributed by atoms with Gasteiger partial charge in [0.2, 0.25) is 0 Å². The molecule has 5 nitrogen and oxygen atoms in total. The Labute approximate surface area is 186 Å². The molecule has 0 spiro atoms. The van der Waals surface area contributed by atoms with Crippen molar-refractivity contribution < 1.29 is 18.0 Å². The average molecular weight is 488 g/mol. The number of rotatable bonds is 6. The minimum absolute atomic E-state index is 0.0161. The van der Waals surface area contributed by atoms with Crippen molar-refractivity contribution in [2.75, 3.05) is 17.2 Å². The zero-order valence-electron chi connectivity index (χ0n) is 16.4. The van der Waals surface area contributed by atoms with E-state index in [9.17, 15) is 18.0 Å². The zero-order valence-corrected chi connectivity index (χ0v) is 18.8. The first-order chi connectivity index (χ1) is 14.8. The van der Waals surface area contributed by atoms with Crippen LogP contribution < -0.4 is 10.6 Å². The van der Waals surface area contributed by atoms with Gasteiger partial charge in [0, 0.05) is 0 Å². The second kappa shape index (κ2) is 8.71. The summed E-state index contributed by atoms with van der Waals surface area (Å²) >= 11 is 1.51. The van der Waals surface area contributed by atoms with Crippen molar-refractivity contribution in [1.82, 2.24) is 9.97 Å². The van der Waals surface area contributed by atoms with Gasteiger partial charge in [0.25, 0.3) is 0 Å². The maximum atomic E-state index is 12.7. The molecule has 160 valence electrons. The standard InChI is InChI=1S/C22H20AsF3N4O/c23-17(7-13-1-4-16(5-2-13)22(24,25)26)10-28-20-12-27-11-19(29-20)14-3-6-18-15(8-14)9-21(31)30-18/h1-6,8,11-12,17H,7,9-10,23H2,(H,28,29)(H,30,31)/t17-/m0/s1. The molecule has 4 rings (SSSR count). The molecule has 2 aromatic carbocycles. The zero-order chi connectivity index (χ0) is 22.0. The number of nitrogens with zero attached hydrogens (tertiary/aromatic N) is 2. The molecule has 3 aromatic rings. The first kappa shape index (κ1) is 21.4. The van der Waals surface area contributed by atoms with Crippen LogP contribution in [0.2, 0.25) is 4.71 Å². The third-order valence-corrected chi connectivity index (χ3v) is 5.97. The van der Waals surface area contributed by atoms with E-state index in [4.69, 9.17) is 0 Å². The van der Waals surface area contributed by atoms with E-state index in [2.05, 4.69) is 20.6 Å². The molecule has 1 aliphatic heterocycles. The van der Waals surface area contributed by atoms with Gasteiger partial charge in [0.15, 0.2) is 0 Å². The number of carbonyl (C=O) groups is 1. The Kier molecular flexibility index (Phi) is 6.01. The van der Waals surface area contributed by atoms with E-state index in [-0.39, 0.29) is 10.6 Å². The minimum atomic E-state index is -4.32. The van der Waals surface area contributed by atoms with Gasteiger partial charge in [-0.2, -0.15) is 0 Å². The number of hydrogen-bond acceptors (Lipinski definition) is 4. The third-order valence-electron chi connectivity index (χ3n) is 4.99. The van der Waals surface area contributed by atoms with Crippen molar-refractivity contribution in [3.05, 3.63) is 71.5 Å². The first-order valence-corrected chi connectivity index (χ1v) is 11.1. The molecule has 0 saturated carbocycles. The fourth-order valence-electron chi connectivity index (χ4n) is 3.42. The van der Waals surface area contributed by atoms with Gasteiger partial charge in [0.05, 0.1) is 0 Å². The van der Waals surface area contributed by atoms with Gasteiger partial charge in [-0.1, -0.05) is 0 Å². The maximum absolute atomic E-state index is 12.7. The van der Waals surface area contributed by atoms with Crippen LogP contribution in [-0.2, 0) is 23.8 Å². The first-order valence-electron chi connectivity index (χ1n) is 9.69. The summed E-state index contributed by atoms with van der Waals surface area (Å²) < 4.78 is 38.3. The van der Waals surface area contributed by atoms with Gasteiger partial charge >= 0.3 is 186 Å². The fourth-order valence-corrected chi connectivity index (χ4v) is 4.24. The molecular formula is C22H20AsF3N4O. The van der Waals surface area contributed by atoms with Crippen molar-refractivity contribution in [2.24, 2.45) is 0 Å². The fraction of sp³-hybridized carbons (Fsp3) is 0.227. The molecule has 31 heavy (non-hydrogen) atoms. The van der Waals surface area contributed by atoms with E-state index in [0.717, 1.165) is 34.5 Å². The summed E-state index contributed by atoms with van der Waals surface area (Å²) in [5.74, 6) is 0.611. The Balaban J connectivity index is 1.37. The molecule has 1 aliphatic rings. The van der Waals surface area contributed by atoms with E-state index >= 15 is 0 Å². The van der Waals surface area contributed by atoms with Crippen LogP contribution in [0.3, 0.4) is 0 Å². The van der Waals surface area contributed by atoms with Crippen LogP contribution in [0.25, 0.3) is 11.3 Å². The van der Waals surface area contributed by atoms with E-state index in [0.29, 0.717) is 30.9 Å². The number of benzene rings is 2. The molecule has 2 atom stereocenters. The normalized spacial score (nSPS) is 14.1. The summed E-state index contributed by atoms with van der Waals surface area (Å²) in [6.45, 7) is 0.627. The van der Waals surface area contributed by atoms with Gasteiger partial charge in [-0.3, -0.25) is 0 Å². The Morgan fingerprint density at radius 1 is 1.13 bits per heavy atom. The average Bonchev–Trinajstić information content (AvgIpc) is 3.11. The number of halogens is 3. The number of anilines is 2. The van der Waals surface area contributed by atoms with Crippen molar-refractivity contribution in [2.45, 2.75) is 23.7 Å². The predicted molar refractivity (Wildman–Crippen MR) is 116 cm³/mol. The number of nitrogens with one attached hydrogen (secondary N) is 2. The molecule has 1 aromatic heterocycles. The summed E-state index contributed by atoms with van der Waals surface area (Å²) in [7, 11) is 0. The second-order valence-corrected chi connectivity index (χ2v) is 9.40. The van der Waals surface area contributed by atoms with Crippen LogP contribution >= 0.6 is 0 Å². The number of fused-ring (bicyclic) bond motifs is 1. The summed E-state index contributed by atoms with van der Waals surface area (Å²) in [6.07, 6.45) is 0.0267. The van der Waals surface area contributed by atoms with Gasteiger partial charge in [-0.05, 0) is 0 Å².